The van der Waals surface area contributed by atoms with E-state index in [0.29, 0.717) is 18.9 Å². The summed E-state index contributed by atoms with van der Waals surface area (Å²) in [6.45, 7) is 7.57. The summed E-state index contributed by atoms with van der Waals surface area (Å²) < 4.78 is 16.5. The third-order valence-corrected chi connectivity index (χ3v) is 7.52. The number of nitrogens with zero attached hydrogens (tertiary/aromatic N) is 6. The predicted octanol–water partition coefficient (Wildman–Crippen LogP) is 1.70. The Balaban J connectivity index is 1.53. The van der Waals surface area contributed by atoms with Gasteiger partial charge in [0.05, 0.1) is 12.1 Å². The van der Waals surface area contributed by atoms with Crippen molar-refractivity contribution in [2.24, 2.45) is 0 Å². The van der Waals surface area contributed by atoms with Gasteiger partial charge in [-0.05, 0) is 73.3 Å². The lowest BCUT2D eigenvalue weighted by atomic mass is 9.88. The Bertz CT molecular complexity index is 676. The summed E-state index contributed by atoms with van der Waals surface area (Å²) in [6.07, 6.45) is 6.03. The van der Waals surface area contributed by atoms with Crippen molar-refractivity contribution in [3.63, 3.8) is 0 Å². The third kappa shape index (κ3) is 4.36. The van der Waals surface area contributed by atoms with Crippen LogP contribution in [0.2, 0.25) is 0 Å². The zero-order valence-electron chi connectivity index (χ0n) is 18.5. The molecule has 3 aliphatic heterocycles. The lowest BCUT2D eigenvalue weighted by Crippen LogP contribution is -2.55. The molecule has 8 heteroatoms. The SMILES string of the molecule is CNC(C)(CC1CN(C)C(C2CC(F)CCN2C)c2nncn21)CN1CCCC1. The number of halogens is 1. The molecule has 1 aromatic rings. The van der Waals surface area contributed by atoms with E-state index in [0.717, 1.165) is 31.9 Å². The van der Waals surface area contributed by atoms with Gasteiger partial charge < -0.3 is 19.7 Å². The van der Waals surface area contributed by atoms with E-state index in [2.05, 4.69) is 62.8 Å². The number of likely N-dealkylation sites (N-methyl/N-ethyl adjacent to an activating group) is 3. The van der Waals surface area contributed by atoms with Crippen LogP contribution in [0.4, 0.5) is 4.39 Å². The normalized spacial score (nSPS) is 34.2. The summed E-state index contributed by atoms with van der Waals surface area (Å²) in [5.41, 5.74) is 0.0376. The Labute approximate surface area is 174 Å². The highest BCUT2D eigenvalue weighted by atomic mass is 19.1. The zero-order valence-corrected chi connectivity index (χ0v) is 18.5. The number of nitrogens with one attached hydrogen (secondary N) is 1. The van der Waals surface area contributed by atoms with Crippen molar-refractivity contribution in [2.45, 2.75) is 68.9 Å². The highest BCUT2D eigenvalue weighted by molar-refractivity contribution is 5.09. The molecule has 164 valence electrons. The lowest BCUT2D eigenvalue weighted by molar-refractivity contribution is 0.0207. The Kier molecular flexibility index (Phi) is 6.25. The number of piperidine rings is 1. The molecule has 0 aromatic carbocycles. The largest absolute Gasteiger partial charge is 0.313 e. The molecule has 5 atom stereocenters. The van der Waals surface area contributed by atoms with Crippen LogP contribution in [0.5, 0.6) is 0 Å². The third-order valence-electron chi connectivity index (χ3n) is 7.52. The maximum atomic E-state index is 14.2. The molecule has 0 spiro atoms. The van der Waals surface area contributed by atoms with E-state index in [1.165, 1.54) is 25.9 Å². The first-order valence-electron chi connectivity index (χ1n) is 11.3. The first kappa shape index (κ1) is 21.2. The van der Waals surface area contributed by atoms with Crippen molar-refractivity contribution >= 4 is 0 Å². The molecular formula is C21H38FN7. The van der Waals surface area contributed by atoms with Crippen molar-refractivity contribution in [2.75, 3.05) is 53.9 Å². The van der Waals surface area contributed by atoms with Gasteiger partial charge in [-0.2, -0.15) is 0 Å². The fourth-order valence-electron chi connectivity index (χ4n) is 5.74. The molecule has 0 bridgehead atoms. The van der Waals surface area contributed by atoms with Crippen LogP contribution in [-0.2, 0) is 0 Å². The van der Waals surface area contributed by atoms with Crippen molar-refractivity contribution < 1.29 is 4.39 Å². The second-order valence-corrected chi connectivity index (χ2v) is 9.80. The predicted molar refractivity (Wildman–Crippen MR) is 113 cm³/mol. The number of hydrogen-bond donors (Lipinski definition) is 1. The average molecular weight is 408 g/mol. The summed E-state index contributed by atoms with van der Waals surface area (Å²) in [7, 11) is 6.37. The van der Waals surface area contributed by atoms with Gasteiger partial charge in [0.15, 0.2) is 5.82 Å². The molecule has 0 amide bonds. The summed E-state index contributed by atoms with van der Waals surface area (Å²) in [4.78, 5) is 7.28. The van der Waals surface area contributed by atoms with E-state index in [4.69, 9.17) is 0 Å². The molecule has 7 nitrogen and oxygen atoms in total. The molecule has 4 rings (SSSR count). The van der Waals surface area contributed by atoms with Gasteiger partial charge in [0.25, 0.3) is 0 Å². The number of fused-ring (bicyclic) bond motifs is 1. The molecule has 3 aliphatic rings. The van der Waals surface area contributed by atoms with Gasteiger partial charge in [0.2, 0.25) is 0 Å². The quantitative estimate of drug-likeness (QED) is 0.775. The van der Waals surface area contributed by atoms with E-state index >= 15 is 0 Å². The van der Waals surface area contributed by atoms with Crippen molar-refractivity contribution in [1.82, 2.24) is 34.8 Å². The van der Waals surface area contributed by atoms with Gasteiger partial charge in [0, 0.05) is 31.2 Å². The van der Waals surface area contributed by atoms with Crippen LogP contribution in [0.1, 0.15) is 56.9 Å². The molecule has 2 fully saturated rings. The van der Waals surface area contributed by atoms with E-state index in [1.807, 2.05) is 6.33 Å². The van der Waals surface area contributed by atoms with Crippen LogP contribution >= 0.6 is 0 Å². The van der Waals surface area contributed by atoms with Crippen LogP contribution in [0.15, 0.2) is 6.33 Å². The van der Waals surface area contributed by atoms with Gasteiger partial charge in [0.1, 0.15) is 12.5 Å². The van der Waals surface area contributed by atoms with E-state index in [9.17, 15) is 4.39 Å². The summed E-state index contributed by atoms with van der Waals surface area (Å²) in [6, 6.07) is 0.557. The number of rotatable bonds is 6. The Morgan fingerprint density at radius 2 is 1.97 bits per heavy atom. The number of alkyl halides is 1. The summed E-state index contributed by atoms with van der Waals surface area (Å²) in [5, 5.41) is 12.4. The summed E-state index contributed by atoms with van der Waals surface area (Å²) >= 11 is 0. The van der Waals surface area contributed by atoms with Gasteiger partial charge >= 0.3 is 0 Å². The number of aromatic nitrogens is 3. The van der Waals surface area contributed by atoms with E-state index in [1.54, 1.807) is 0 Å². The first-order chi connectivity index (χ1) is 13.9. The monoisotopic (exact) mass is 407 g/mol. The molecule has 4 heterocycles. The maximum absolute atomic E-state index is 14.2. The van der Waals surface area contributed by atoms with Crippen LogP contribution in [-0.4, -0.2) is 101 Å². The van der Waals surface area contributed by atoms with Crippen molar-refractivity contribution in [3.8, 4) is 0 Å². The number of hydrogen-bond acceptors (Lipinski definition) is 6. The van der Waals surface area contributed by atoms with Gasteiger partial charge in [-0.1, -0.05) is 0 Å². The molecule has 0 radical (unpaired) electrons. The second-order valence-electron chi connectivity index (χ2n) is 9.80. The molecule has 2 saturated heterocycles. The maximum Gasteiger partial charge on any atom is 0.152 e. The summed E-state index contributed by atoms with van der Waals surface area (Å²) in [5.74, 6) is 0.995. The van der Waals surface area contributed by atoms with Crippen LogP contribution < -0.4 is 5.32 Å². The molecule has 1 aromatic heterocycles. The van der Waals surface area contributed by atoms with E-state index < -0.39 is 6.17 Å². The van der Waals surface area contributed by atoms with Gasteiger partial charge in [-0.15, -0.1) is 10.2 Å². The minimum atomic E-state index is -0.716. The average Bonchev–Trinajstić information content (AvgIpc) is 3.36. The van der Waals surface area contributed by atoms with Gasteiger partial charge in [-0.25, -0.2) is 4.39 Å². The Morgan fingerprint density at radius 3 is 2.69 bits per heavy atom. The topological polar surface area (TPSA) is 52.5 Å². The molecular weight excluding hydrogens is 369 g/mol. The van der Waals surface area contributed by atoms with Crippen molar-refractivity contribution in [1.29, 1.82) is 0 Å². The molecule has 29 heavy (non-hydrogen) atoms. The van der Waals surface area contributed by atoms with Crippen LogP contribution in [0.3, 0.4) is 0 Å². The zero-order chi connectivity index (χ0) is 20.6. The molecule has 0 saturated carbocycles. The Morgan fingerprint density at radius 1 is 1.21 bits per heavy atom. The second kappa shape index (κ2) is 8.57. The molecule has 1 N–H and O–H groups in total. The standard InChI is InChI=1S/C21H38FN7/c1-21(23-2,14-28-8-5-6-9-28)12-17-13-27(4)19(20-25-24-15-29(17)20)18-11-16(22)7-10-26(18)3/h15-19,23H,5-14H2,1-4H3. The fourth-order valence-corrected chi connectivity index (χ4v) is 5.74. The van der Waals surface area contributed by atoms with Gasteiger partial charge in [-0.3, -0.25) is 4.90 Å². The van der Waals surface area contributed by atoms with Crippen LogP contribution in [0, 0.1) is 0 Å². The van der Waals surface area contributed by atoms with E-state index in [-0.39, 0.29) is 17.6 Å². The smallest absolute Gasteiger partial charge is 0.152 e. The lowest BCUT2D eigenvalue weighted by Gasteiger charge is -2.47. The molecule has 5 unspecified atom stereocenters. The van der Waals surface area contributed by atoms with Crippen molar-refractivity contribution in [3.05, 3.63) is 12.2 Å². The fraction of sp³-hybridized carbons (Fsp3) is 0.905. The highest BCUT2D eigenvalue weighted by Crippen LogP contribution is 2.38. The molecule has 0 aliphatic carbocycles. The first-order valence-corrected chi connectivity index (χ1v) is 11.3. The minimum Gasteiger partial charge on any atom is -0.313 e. The highest BCUT2D eigenvalue weighted by Gasteiger charge is 2.43. The number of likely N-dealkylation sites (tertiary alicyclic amines) is 2. The van der Waals surface area contributed by atoms with Crippen LogP contribution in [0.25, 0.3) is 0 Å². The Hall–Kier alpha value is -1.09. The minimum absolute atomic E-state index is 0.0376.